The van der Waals surface area contributed by atoms with Gasteiger partial charge in [0.25, 0.3) is 0 Å². The van der Waals surface area contributed by atoms with Crippen molar-refractivity contribution in [3.8, 4) is 0 Å². The summed E-state index contributed by atoms with van der Waals surface area (Å²) in [6, 6.07) is 20.0. The maximum Gasteiger partial charge on any atom is -0.172 e. The summed E-state index contributed by atoms with van der Waals surface area (Å²) >= 11 is 6.32. The van der Waals surface area contributed by atoms with Crippen molar-refractivity contribution in [2.45, 2.75) is 0 Å². The van der Waals surface area contributed by atoms with Crippen molar-refractivity contribution in [1.82, 2.24) is 0 Å². The predicted molar refractivity (Wildman–Crippen MR) is 61.9 cm³/mol. The van der Waals surface area contributed by atoms with Gasteiger partial charge in [0.05, 0.1) is 0 Å². The predicted octanol–water partition coefficient (Wildman–Crippen LogP) is 4.50. The molecule has 0 bridgehead atoms. The fourth-order valence-electron chi connectivity index (χ4n) is 0.642. The summed E-state index contributed by atoms with van der Waals surface area (Å²) in [7, 11) is 0. The van der Waals surface area contributed by atoms with E-state index in [1.165, 1.54) is 0 Å². The summed E-state index contributed by atoms with van der Waals surface area (Å²) in [5.74, 6) is 0. The van der Waals surface area contributed by atoms with Crippen molar-refractivity contribution >= 4 is 24.4 Å². The summed E-state index contributed by atoms with van der Waals surface area (Å²) in [4.78, 5) is 0. The number of hydrogen-bond acceptors (Lipinski definition) is 0. The second-order valence-electron chi connectivity index (χ2n) is 2.00. The molecule has 0 radical (unpaired) electrons. The average molecular weight is 381 g/mol. The summed E-state index contributed by atoms with van der Waals surface area (Å²) in [5, 5.41) is 0. The minimum Gasteiger partial charge on any atom is -0.748 e. The van der Waals surface area contributed by atoms with Crippen molar-refractivity contribution in [2.75, 3.05) is 0 Å². The van der Waals surface area contributed by atoms with Crippen molar-refractivity contribution in [1.29, 1.82) is 0 Å². The third kappa shape index (κ3) is 12.5. The van der Waals surface area contributed by atoms with Gasteiger partial charge in [0, 0.05) is 0 Å². The molecule has 2 aromatic carbocycles. The first kappa shape index (κ1) is 13.5. The molecule has 0 amide bonds. The van der Waals surface area contributed by atoms with E-state index in [9.17, 15) is 0 Å². The zero-order valence-electron chi connectivity index (χ0n) is 7.03. The van der Waals surface area contributed by atoms with E-state index in [1.54, 1.807) is 0 Å². The van der Waals surface area contributed by atoms with Gasteiger partial charge in [-0.15, -0.1) is 0 Å². The number of rotatable bonds is 0. The van der Waals surface area contributed by atoms with Gasteiger partial charge in [-0.05, 0) is 0 Å². The molecule has 13 heavy (non-hydrogen) atoms. The first-order chi connectivity index (χ1) is 6.41. The minimum absolute atomic E-state index is 0.145. The van der Waals surface area contributed by atoms with Gasteiger partial charge in [-0.1, -0.05) is 0 Å². The molecule has 0 nitrogen and oxygen atoms in total. The number of hydrogen-bond donors (Lipinski definition) is 0. The molecule has 0 N–H and O–H groups in total. The van der Waals surface area contributed by atoms with E-state index in [2.05, 4.69) is 24.4 Å². The van der Waals surface area contributed by atoms with Crippen LogP contribution in [0.5, 0.6) is 0 Å². The fourth-order valence-corrected chi connectivity index (χ4v) is 0.642. The fraction of sp³-hybridized carbons (Fsp3) is 0. The molecule has 0 saturated heterocycles. The van der Waals surface area contributed by atoms with Gasteiger partial charge in [-0.25, -0.2) is 12.1 Å². The smallest absolute Gasteiger partial charge is 0.172 e. The van der Waals surface area contributed by atoms with Crippen LogP contribution in [-0.4, -0.2) is 0 Å². The van der Waals surface area contributed by atoms with Crippen LogP contribution in [0.2, 0.25) is 0 Å². The monoisotopic (exact) mass is 378 g/mol. The SMILES string of the molecule is [Br][Zr][Br].[cH-]1[cH-][cH-][cH-][cH-]1.c1cc[cH-]c1. The molecule has 0 fully saturated rings. The quantitative estimate of drug-likeness (QED) is 0.590. The number of halogens is 2. The van der Waals surface area contributed by atoms with E-state index in [0.29, 0.717) is 0 Å². The van der Waals surface area contributed by atoms with E-state index in [0.717, 1.165) is 0 Å². The Morgan fingerprint density at radius 2 is 1.08 bits per heavy atom. The molecule has 0 heterocycles. The standard InChI is InChI=1S/2C5H5.2BrH.Zr/c2*1-2-4-5-3-1;;;/h2*1-5H;2*1H;/q-5;-1;;;+2/p-2. The van der Waals surface area contributed by atoms with E-state index >= 15 is 0 Å². The average Bonchev–Trinajstić information content (AvgIpc) is 2.85. The Morgan fingerprint density at radius 1 is 0.769 bits per heavy atom. The van der Waals surface area contributed by atoms with Crippen molar-refractivity contribution in [3.05, 3.63) is 60.7 Å². The van der Waals surface area contributed by atoms with Gasteiger partial charge in [0.2, 0.25) is 0 Å². The zero-order chi connectivity index (χ0) is 9.78. The van der Waals surface area contributed by atoms with Gasteiger partial charge in [-0.2, -0.15) is 18.2 Å². The Kier molecular flexibility index (Phi) is 13.1. The normalized spacial score (nSPS) is 7.23. The largest absolute Gasteiger partial charge is 0.748 e. The molecule has 2 rings (SSSR count). The van der Waals surface area contributed by atoms with Crippen LogP contribution in [0.15, 0.2) is 60.7 Å². The molecule has 0 unspecified atom stereocenters. The molecule has 2 aromatic rings. The van der Waals surface area contributed by atoms with Crippen LogP contribution >= 0.6 is 24.4 Å². The molecule has 74 valence electrons. The molecular weight excluding hydrogens is 371 g/mol. The van der Waals surface area contributed by atoms with Gasteiger partial charge in [0.1, 0.15) is 0 Å². The maximum absolute atomic E-state index is 3.23. The summed E-state index contributed by atoms with van der Waals surface area (Å²) < 4.78 is 0. The van der Waals surface area contributed by atoms with Gasteiger partial charge < -0.3 is 30.3 Å². The second-order valence-corrected chi connectivity index (χ2v) is 13.3. The van der Waals surface area contributed by atoms with E-state index in [-0.39, 0.29) is 18.5 Å². The van der Waals surface area contributed by atoms with Gasteiger partial charge in [0.15, 0.2) is 0 Å². The van der Waals surface area contributed by atoms with Gasteiger partial charge >= 0.3 is 43.0 Å². The van der Waals surface area contributed by atoms with Crippen LogP contribution in [-0.2, 0) is 18.5 Å². The Bertz CT molecular complexity index is 165. The van der Waals surface area contributed by atoms with Gasteiger partial charge in [-0.3, -0.25) is 0 Å². The van der Waals surface area contributed by atoms with Crippen LogP contribution in [0.1, 0.15) is 0 Å². The summed E-state index contributed by atoms with van der Waals surface area (Å²) in [5.41, 5.74) is 0. The first-order valence-electron chi connectivity index (χ1n) is 3.71. The molecular formula is C10H10Br2Zr-6. The second kappa shape index (κ2) is 12.5. The third-order valence-corrected chi connectivity index (χ3v) is 1.11. The molecule has 0 spiro atoms. The van der Waals surface area contributed by atoms with Crippen LogP contribution < -0.4 is 0 Å². The molecule has 0 aliphatic heterocycles. The van der Waals surface area contributed by atoms with E-state index in [1.807, 2.05) is 60.7 Å². The Balaban J connectivity index is 0.000000174. The van der Waals surface area contributed by atoms with Crippen LogP contribution in [0.4, 0.5) is 0 Å². The Labute approximate surface area is 103 Å². The molecule has 0 saturated carbocycles. The molecule has 0 atom stereocenters. The summed E-state index contributed by atoms with van der Waals surface area (Å²) in [6.45, 7) is 0. The van der Waals surface area contributed by atoms with E-state index < -0.39 is 0 Å². The molecule has 0 aliphatic rings. The molecule has 0 aliphatic carbocycles. The Morgan fingerprint density at radius 3 is 1.23 bits per heavy atom. The van der Waals surface area contributed by atoms with Crippen molar-refractivity contribution in [2.24, 2.45) is 0 Å². The maximum atomic E-state index is 3.23. The molecule has 3 heteroatoms. The summed E-state index contributed by atoms with van der Waals surface area (Å²) in [6.07, 6.45) is 0. The molecule has 0 aromatic heterocycles. The Hall–Kier alpha value is 0.543. The van der Waals surface area contributed by atoms with E-state index in [4.69, 9.17) is 0 Å². The van der Waals surface area contributed by atoms with Crippen molar-refractivity contribution < 1.29 is 18.5 Å². The van der Waals surface area contributed by atoms with Crippen LogP contribution in [0.25, 0.3) is 0 Å². The topological polar surface area (TPSA) is 0 Å². The van der Waals surface area contributed by atoms with Crippen LogP contribution in [0.3, 0.4) is 0 Å². The third-order valence-electron chi connectivity index (χ3n) is 1.11. The minimum atomic E-state index is -0.145. The van der Waals surface area contributed by atoms with Crippen molar-refractivity contribution in [3.63, 3.8) is 0 Å². The van der Waals surface area contributed by atoms with Crippen LogP contribution in [0, 0.1) is 0 Å². The first-order valence-corrected chi connectivity index (χ1v) is 15.0. The zero-order valence-corrected chi connectivity index (χ0v) is 12.7.